The van der Waals surface area contributed by atoms with Gasteiger partial charge in [-0.2, -0.15) is 10.4 Å². The molecule has 0 aliphatic heterocycles. The topological polar surface area (TPSA) is 70.3 Å². The molecule has 0 aliphatic rings. The lowest BCUT2D eigenvalue weighted by Gasteiger charge is -2.01. The first-order chi connectivity index (χ1) is 11.8. The van der Waals surface area contributed by atoms with Gasteiger partial charge in [-0.3, -0.25) is 4.68 Å². The second-order valence-electron chi connectivity index (χ2n) is 5.70. The van der Waals surface area contributed by atoms with Crippen LogP contribution in [0.4, 0.5) is 0 Å². The number of para-hydroxylation sites is 1. The van der Waals surface area contributed by atoms with Crippen LogP contribution in [0.3, 0.4) is 0 Å². The molecular weight excluding hydrogens is 298 g/mol. The van der Waals surface area contributed by atoms with Gasteiger partial charge >= 0.3 is 0 Å². The number of nitriles is 1. The molecular formula is C19H15N5. The number of H-pyrrole nitrogens is 1. The first kappa shape index (κ1) is 14.2. The van der Waals surface area contributed by atoms with Gasteiger partial charge in [-0.25, -0.2) is 4.98 Å². The quantitative estimate of drug-likeness (QED) is 0.628. The molecule has 0 atom stereocenters. The molecule has 2 aromatic carbocycles. The van der Waals surface area contributed by atoms with Crippen molar-refractivity contribution in [3.05, 3.63) is 83.6 Å². The van der Waals surface area contributed by atoms with E-state index in [1.807, 2.05) is 53.5 Å². The molecule has 0 saturated heterocycles. The summed E-state index contributed by atoms with van der Waals surface area (Å²) in [6.45, 7) is 0.661. The summed E-state index contributed by atoms with van der Waals surface area (Å²) in [6, 6.07) is 17.9. The number of nitrogens with zero attached hydrogens (tertiary/aromatic N) is 4. The van der Waals surface area contributed by atoms with Crippen LogP contribution in [0.2, 0.25) is 0 Å². The minimum absolute atomic E-state index is 0.661. The fourth-order valence-electron chi connectivity index (χ4n) is 2.78. The average Bonchev–Trinajstić information content (AvgIpc) is 3.23. The van der Waals surface area contributed by atoms with Gasteiger partial charge in [0.05, 0.1) is 41.8 Å². The molecule has 0 spiro atoms. The van der Waals surface area contributed by atoms with Crippen molar-refractivity contribution in [3.63, 3.8) is 0 Å². The van der Waals surface area contributed by atoms with E-state index >= 15 is 0 Å². The number of aromatic amines is 1. The number of hydrogen-bond acceptors (Lipinski definition) is 3. The van der Waals surface area contributed by atoms with Crippen LogP contribution in [0.25, 0.3) is 10.9 Å². The largest absolute Gasteiger partial charge is 0.344 e. The summed E-state index contributed by atoms with van der Waals surface area (Å²) in [5, 5.41) is 14.4. The number of imidazole rings is 1. The summed E-state index contributed by atoms with van der Waals surface area (Å²) in [5.74, 6) is 0.908. The fourth-order valence-corrected chi connectivity index (χ4v) is 2.78. The van der Waals surface area contributed by atoms with Crippen LogP contribution in [-0.4, -0.2) is 19.7 Å². The second-order valence-corrected chi connectivity index (χ2v) is 5.70. The molecule has 0 saturated carbocycles. The maximum absolute atomic E-state index is 8.84. The number of benzene rings is 2. The van der Waals surface area contributed by atoms with Crippen LogP contribution in [0, 0.1) is 11.3 Å². The van der Waals surface area contributed by atoms with Crippen molar-refractivity contribution in [2.24, 2.45) is 0 Å². The highest BCUT2D eigenvalue weighted by atomic mass is 15.3. The van der Waals surface area contributed by atoms with Gasteiger partial charge in [0.1, 0.15) is 5.82 Å². The van der Waals surface area contributed by atoms with Crippen LogP contribution in [0.1, 0.15) is 22.6 Å². The van der Waals surface area contributed by atoms with E-state index in [4.69, 9.17) is 5.26 Å². The summed E-state index contributed by atoms with van der Waals surface area (Å²) in [7, 11) is 0. The zero-order valence-corrected chi connectivity index (χ0v) is 13.0. The van der Waals surface area contributed by atoms with Gasteiger partial charge in [-0.1, -0.05) is 30.3 Å². The molecule has 5 nitrogen and oxygen atoms in total. The van der Waals surface area contributed by atoms with Crippen LogP contribution >= 0.6 is 0 Å². The predicted molar refractivity (Wildman–Crippen MR) is 91.4 cm³/mol. The van der Waals surface area contributed by atoms with Crippen molar-refractivity contribution in [2.75, 3.05) is 0 Å². The van der Waals surface area contributed by atoms with Crippen molar-refractivity contribution in [3.8, 4) is 6.07 Å². The third-order valence-corrected chi connectivity index (χ3v) is 4.01. The zero-order valence-electron chi connectivity index (χ0n) is 13.0. The Kier molecular flexibility index (Phi) is 3.56. The van der Waals surface area contributed by atoms with E-state index < -0.39 is 0 Å². The molecule has 5 heteroatoms. The highest BCUT2D eigenvalue weighted by Gasteiger charge is 2.06. The lowest BCUT2D eigenvalue weighted by Crippen LogP contribution is -2.01. The molecule has 0 aliphatic carbocycles. The monoisotopic (exact) mass is 313 g/mol. The minimum atomic E-state index is 0.661. The standard InChI is InChI=1S/C19H15N5/c20-10-15-7-5-14(6-8-15)9-19-21-12-17(23-19)13-24-18-4-2-1-3-16(18)11-22-24/h1-8,11-12H,9,13H2,(H,21,23). The molecule has 0 unspecified atom stereocenters. The molecule has 4 rings (SSSR count). The molecule has 2 aromatic heterocycles. The van der Waals surface area contributed by atoms with E-state index in [2.05, 4.69) is 33.3 Å². The summed E-state index contributed by atoms with van der Waals surface area (Å²) >= 11 is 0. The molecule has 0 radical (unpaired) electrons. The number of aromatic nitrogens is 4. The Hall–Kier alpha value is -3.39. The van der Waals surface area contributed by atoms with Crippen molar-refractivity contribution in [1.82, 2.24) is 19.7 Å². The molecule has 24 heavy (non-hydrogen) atoms. The van der Waals surface area contributed by atoms with E-state index in [-0.39, 0.29) is 0 Å². The third-order valence-electron chi connectivity index (χ3n) is 4.01. The van der Waals surface area contributed by atoms with Crippen molar-refractivity contribution in [2.45, 2.75) is 13.0 Å². The molecule has 4 aromatic rings. The summed E-state index contributed by atoms with van der Waals surface area (Å²) in [5.41, 5.74) is 3.93. The zero-order chi connectivity index (χ0) is 16.4. The molecule has 0 bridgehead atoms. The normalized spacial score (nSPS) is 10.8. The molecule has 1 N–H and O–H groups in total. The molecule has 0 fully saturated rings. The van der Waals surface area contributed by atoms with Crippen LogP contribution in [-0.2, 0) is 13.0 Å². The van der Waals surface area contributed by atoms with Gasteiger partial charge in [-0.05, 0) is 23.8 Å². The van der Waals surface area contributed by atoms with Gasteiger partial charge in [-0.15, -0.1) is 0 Å². The van der Waals surface area contributed by atoms with Gasteiger partial charge in [0, 0.05) is 11.8 Å². The van der Waals surface area contributed by atoms with Crippen LogP contribution < -0.4 is 0 Å². The minimum Gasteiger partial charge on any atom is -0.344 e. The number of fused-ring (bicyclic) bond motifs is 1. The maximum Gasteiger partial charge on any atom is 0.110 e. The Morgan fingerprint density at radius 1 is 1.04 bits per heavy atom. The second kappa shape index (κ2) is 6.01. The van der Waals surface area contributed by atoms with E-state index in [0.29, 0.717) is 18.5 Å². The lowest BCUT2D eigenvalue weighted by atomic mass is 10.1. The van der Waals surface area contributed by atoms with Gasteiger partial charge in [0.15, 0.2) is 0 Å². The van der Waals surface area contributed by atoms with E-state index in [1.54, 1.807) is 0 Å². The number of hydrogen-bond donors (Lipinski definition) is 1. The Bertz CT molecular complexity index is 1020. The third kappa shape index (κ3) is 2.77. The Morgan fingerprint density at radius 2 is 1.88 bits per heavy atom. The van der Waals surface area contributed by atoms with Gasteiger partial charge < -0.3 is 4.98 Å². The Labute approximate surface area is 139 Å². The van der Waals surface area contributed by atoms with E-state index in [0.717, 1.165) is 28.0 Å². The van der Waals surface area contributed by atoms with Gasteiger partial charge in [0.25, 0.3) is 0 Å². The first-order valence-corrected chi connectivity index (χ1v) is 7.74. The highest BCUT2D eigenvalue weighted by Crippen LogP contribution is 2.14. The Balaban J connectivity index is 1.51. The van der Waals surface area contributed by atoms with Crippen LogP contribution in [0.15, 0.2) is 60.9 Å². The Morgan fingerprint density at radius 3 is 2.71 bits per heavy atom. The molecule has 2 heterocycles. The first-order valence-electron chi connectivity index (χ1n) is 7.74. The summed E-state index contributed by atoms with van der Waals surface area (Å²) < 4.78 is 1.97. The van der Waals surface area contributed by atoms with Crippen molar-refractivity contribution in [1.29, 1.82) is 5.26 Å². The van der Waals surface area contributed by atoms with Crippen LogP contribution in [0.5, 0.6) is 0 Å². The predicted octanol–water partition coefficient (Wildman–Crippen LogP) is 3.27. The van der Waals surface area contributed by atoms with Crippen molar-refractivity contribution < 1.29 is 0 Å². The smallest absolute Gasteiger partial charge is 0.110 e. The molecule has 0 amide bonds. The number of nitrogens with one attached hydrogen (secondary N) is 1. The average molecular weight is 313 g/mol. The van der Waals surface area contributed by atoms with E-state index in [1.165, 1.54) is 0 Å². The highest BCUT2D eigenvalue weighted by molar-refractivity contribution is 5.78. The number of rotatable bonds is 4. The molecule has 116 valence electrons. The van der Waals surface area contributed by atoms with Gasteiger partial charge in [0.2, 0.25) is 0 Å². The van der Waals surface area contributed by atoms with E-state index in [9.17, 15) is 0 Å². The fraction of sp³-hybridized carbons (Fsp3) is 0.105. The summed E-state index contributed by atoms with van der Waals surface area (Å²) in [6.07, 6.45) is 4.45. The lowest BCUT2D eigenvalue weighted by molar-refractivity contribution is 0.698. The van der Waals surface area contributed by atoms with Crippen molar-refractivity contribution >= 4 is 10.9 Å². The summed E-state index contributed by atoms with van der Waals surface area (Å²) in [4.78, 5) is 7.81. The maximum atomic E-state index is 8.84. The SMILES string of the molecule is N#Cc1ccc(Cc2ncc(Cn3ncc4ccccc43)[nH]2)cc1.